The summed E-state index contributed by atoms with van der Waals surface area (Å²) in [5.74, 6) is 0.774. The summed E-state index contributed by atoms with van der Waals surface area (Å²) in [6.45, 7) is 2.05. The molecule has 0 saturated carbocycles. The van der Waals surface area contributed by atoms with Crippen LogP contribution in [0.3, 0.4) is 0 Å². The molecule has 4 rings (SSSR count). The van der Waals surface area contributed by atoms with Crippen LogP contribution in [0.2, 0.25) is 0 Å². The van der Waals surface area contributed by atoms with Crippen LogP contribution in [0.25, 0.3) is 10.9 Å². The minimum Gasteiger partial charge on any atom is -0.489 e. The van der Waals surface area contributed by atoms with Crippen molar-refractivity contribution in [3.8, 4) is 5.75 Å². The number of nitrogens with one attached hydrogen (secondary N) is 2. The van der Waals surface area contributed by atoms with E-state index in [1.807, 2.05) is 17.1 Å². The number of ether oxygens (including phenoxy) is 2. The van der Waals surface area contributed by atoms with E-state index in [0.717, 1.165) is 48.1 Å². The maximum absolute atomic E-state index is 12.1. The Hall–Kier alpha value is -2.54. The molecule has 3 heterocycles. The number of carbonyl (C=O) groups excluding carboxylic acids is 1. The van der Waals surface area contributed by atoms with Gasteiger partial charge in [0.1, 0.15) is 18.5 Å². The first-order valence-electron chi connectivity index (χ1n) is 8.69. The highest BCUT2D eigenvalue weighted by Crippen LogP contribution is 2.31. The number of aromatic nitrogens is 1. The number of amides is 1. The van der Waals surface area contributed by atoms with Crippen LogP contribution in [0, 0.1) is 0 Å². The van der Waals surface area contributed by atoms with E-state index in [-0.39, 0.29) is 11.7 Å². The number of H-pyrrole nitrogens is 1. The molecule has 1 aromatic carbocycles. The monoisotopic (exact) mass is 343 g/mol. The average Bonchev–Trinajstić information content (AvgIpc) is 2.62. The van der Waals surface area contributed by atoms with Crippen molar-refractivity contribution < 1.29 is 14.3 Å². The average molecular weight is 343 g/mol. The van der Waals surface area contributed by atoms with Gasteiger partial charge in [0, 0.05) is 42.0 Å². The van der Waals surface area contributed by atoms with E-state index in [1.54, 1.807) is 6.07 Å². The molecule has 0 aliphatic carbocycles. The van der Waals surface area contributed by atoms with Crippen molar-refractivity contribution in [2.75, 3.05) is 19.7 Å². The molecule has 2 aromatic rings. The molecule has 1 atom stereocenters. The number of rotatable bonds is 2. The normalized spacial score (nSPS) is 20.6. The Bertz CT molecular complexity index is 842. The van der Waals surface area contributed by atoms with Crippen LogP contribution in [0.15, 0.2) is 29.1 Å². The number of pyridine rings is 1. The lowest BCUT2D eigenvalue weighted by atomic mass is 9.99. The standard InChI is InChI=1S/C18H21N3O4/c22-17-7-4-13-14-10-12(11-24-16(14)6-5-15(13)19-17)25-18(23)20-21-8-2-1-3-9-21/h4-7,12H,1-3,8-11H2,(H,19,22)(H,20,23). The summed E-state index contributed by atoms with van der Waals surface area (Å²) in [5.41, 5.74) is 4.38. The highest BCUT2D eigenvalue weighted by molar-refractivity contribution is 5.84. The maximum Gasteiger partial charge on any atom is 0.422 e. The quantitative estimate of drug-likeness (QED) is 0.871. The second-order valence-electron chi connectivity index (χ2n) is 6.53. The van der Waals surface area contributed by atoms with Gasteiger partial charge in [-0.1, -0.05) is 6.42 Å². The van der Waals surface area contributed by atoms with Crippen LogP contribution in [0.5, 0.6) is 5.75 Å². The highest BCUT2D eigenvalue weighted by atomic mass is 16.6. The SMILES string of the molecule is O=C(NN1CCCCC1)OC1COc2ccc3[nH]c(=O)ccc3c2C1. The van der Waals surface area contributed by atoms with Crippen molar-refractivity contribution in [3.05, 3.63) is 40.2 Å². The van der Waals surface area contributed by atoms with Gasteiger partial charge in [-0.05, 0) is 31.0 Å². The van der Waals surface area contributed by atoms with Crippen molar-refractivity contribution in [1.82, 2.24) is 15.4 Å². The van der Waals surface area contributed by atoms with Crippen LogP contribution < -0.4 is 15.7 Å². The molecule has 2 aliphatic rings. The molecule has 2 N–H and O–H groups in total. The van der Waals surface area contributed by atoms with Crippen LogP contribution in [0.1, 0.15) is 24.8 Å². The molecular weight excluding hydrogens is 322 g/mol. The van der Waals surface area contributed by atoms with Gasteiger partial charge < -0.3 is 14.5 Å². The topological polar surface area (TPSA) is 83.7 Å². The smallest absolute Gasteiger partial charge is 0.422 e. The zero-order valence-corrected chi connectivity index (χ0v) is 13.9. The first kappa shape index (κ1) is 16.0. The van der Waals surface area contributed by atoms with Crippen molar-refractivity contribution in [2.24, 2.45) is 0 Å². The number of fused-ring (bicyclic) bond motifs is 3. The summed E-state index contributed by atoms with van der Waals surface area (Å²) in [5, 5.41) is 2.82. The number of aromatic amines is 1. The fourth-order valence-corrected chi connectivity index (χ4v) is 3.48. The minimum absolute atomic E-state index is 0.141. The summed E-state index contributed by atoms with van der Waals surface area (Å²) in [4.78, 5) is 26.4. The van der Waals surface area contributed by atoms with Gasteiger partial charge in [-0.15, -0.1) is 0 Å². The Morgan fingerprint density at radius 2 is 2.04 bits per heavy atom. The van der Waals surface area contributed by atoms with E-state index >= 15 is 0 Å². The molecular formula is C18H21N3O4. The Kier molecular flexibility index (Phi) is 4.31. The highest BCUT2D eigenvalue weighted by Gasteiger charge is 2.25. The van der Waals surface area contributed by atoms with Crippen LogP contribution >= 0.6 is 0 Å². The second kappa shape index (κ2) is 6.76. The molecule has 0 radical (unpaired) electrons. The first-order valence-corrected chi connectivity index (χ1v) is 8.69. The summed E-state index contributed by atoms with van der Waals surface area (Å²) >= 11 is 0. The Morgan fingerprint density at radius 1 is 1.20 bits per heavy atom. The maximum atomic E-state index is 12.1. The number of carbonyl (C=O) groups is 1. The zero-order valence-electron chi connectivity index (χ0n) is 13.9. The molecule has 1 saturated heterocycles. The predicted molar refractivity (Wildman–Crippen MR) is 92.6 cm³/mol. The predicted octanol–water partition coefficient (Wildman–Crippen LogP) is 1.96. The van der Waals surface area contributed by atoms with E-state index in [2.05, 4.69) is 10.4 Å². The van der Waals surface area contributed by atoms with Gasteiger partial charge in [0.2, 0.25) is 5.56 Å². The van der Waals surface area contributed by atoms with Crippen molar-refractivity contribution in [3.63, 3.8) is 0 Å². The number of hydrogen-bond acceptors (Lipinski definition) is 5. The van der Waals surface area contributed by atoms with Crippen molar-refractivity contribution in [1.29, 1.82) is 0 Å². The lowest BCUT2D eigenvalue weighted by molar-refractivity contribution is 0.0358. The van der Waals surface area contributed by atoms with Gasteiger partial charge in [-0.3, -0.25) is 10.2 Å². The van der Waals surface area contributed by atoms with Gasteiger partial charge in [0.05, 0.1) is 0 Å². The third-order valence-corrected chi connectivity index (χ3v) is 4.71. The van der Waals surface area contributed by atoms with Crippen LogP contribution in [-0.4, -0.2) is 41.9 Å². The number of hydrogen-bond donors (Lipinski definition) is 2. The number of nitrogens with zero attached hydrogens (tertiary/aromatic N) is 1. The number of piperidine rings is 1. The Balaban J connectivity index is 1.46. The van der Waals surface area contributed by atoms with Crippen LogP contribution in [0.4, 0.5) is 4.79 Å². The van der Waals surface area contributed by atoms with Gasteiger partial charge >= 0.3 is 6.09 Å². The Morgan fingerprint density at radius 3 is 2.88 bits per heavy atom. The fourth-order valence-electron chi connectivity index (χ4n) is 3.48. The second-order valence-corrected chi connectivity index (χ2v) is 6.53. The Labute approximate surface area is 144 Å². The lowest BCUT2D eigenvalue weighted by Crippen LogP contribution is -2.47. The zero-order chi connectivity index (χ0) is 17.2. The molecule has 1 aromatic heterocycles. The number of hydrazine groups is 1. The number of benzene rings is 1. The molecule has 2 aliphatic heterocycles. The molecule has 0 spiro atoms. The molecule has 1 unspecified atom stereocenters. The van der Waals surface area contributed by atoms with Crippen molar-refractivity contribution >= 4 is 17.0 Å². The van der Waals surface area contributed by atoms with E-state index in [0.29, 0.717) is 13.0 Å². The fraction of sp³-hybridized carbons (Fsp3) is 0.444. The molecule has 1 amide bonds. The van der Waals surface area contributed by atoms with E-state index in [4.69, 9.17) is 9.47 Å². The largest absolute Gasteiger partial charge is 0.489 e. The van der Waals surface area contributed by atoms with Gasteiger partial charge in [0.15, 0.2) is 0 Å². The van der Waals surface area contributed by atoms with E-state index < -0.39 is 6.09 Å². The third kappa shape index (κ3) is 3.46. The summed E-state index contributed by atoms with van der Waals surface area (Å²) in [7, 11) is 0. The minimum atomic E-state index is -0.437. The van der Waals surface area contributed by atoms with Gasteiger partial charge in [0.25, 0.3) is 0 Å². The van der Waals surface area contributed by atoms with Crippen molar-refractivity contribution in [2.45, 2.75) is 31.8 Å². The van der Waals surface area contributed by atoms with Crippen LogP contribution in [-0.2, 0) is 11.2 Å². The molecule has 7 nitrogen and oxygen atoms in total. The lowest BCUT2D eigenvalue weighted by Gasteiger charge is -2.29. The van der Waals surface area contributed by atoms with Gasteiger partial charge in [-0.25, -0.2) is 9.80 Å². The van der Waals surface area contributed by atoms with Gasteiger partial charge in [-0.2, -0.15) is 0 Å². The van der Waals surface area contributed by atoms with E-state index in [1.165, 1.54) is 12.5 Å². The molecule has 132 valence electrons. The molecule has 7 heteroatoms. The third-order valence-electron chi connectivity index (χ3n) is 4.71. The first-order chi connectivity index (χ1) is 12.2. The molecule has 0 bridgehead atoms. The summed E-state index contributed by atoms with van der Waals surface area (Å²) in [6, 6.07) is 6.96. The molecule has 25 heavy (non-hydrogen) atoms. The molecule has 1 fully saturated rings. The van der Waals surface area contributed by atoms with E-state index in [9.17, 15) is 9.59 Å². The summed E-state index contributed by atoms with van der Waals surface area (Å²) in [6.07, 6.45) is 3.15. The summed E-state index contributed by atoms with van der Waals surface area (Å²) < 4.78 is 11.3.